The molecular formula is C15H18O4. The standard InChI is InChI=1S/C15H18O4/c1-3-4-7-19-15(17)13-9-10-8-11(18-2)5-6-12(10)14(13)16/h5-6,8,13H,3-4,7,9H2,1-2H3. The molecule has 0 aliphatic heterocycles. The Morgan fingerprint density at radius 1 is 1.42 bits per heavy atom. The molecule has 0 bridgehead atoms. The number of fused-ring (bicyclic) bond motifs is 1. The van der Waals surface area contributed by atoms with Gasteiger partial charge in [-0.15, -0.1) is 0 Å². The predicted octanol–water partition coefficient (Wildman–Crippen LogP) is 2.39. The molecule has 1 aliphatic carbocycles. The number of carbonyl (C=O) groups is 2. The maximum Gasteiger partial charge on any atom is 0.317 e. The number of unbranched alkanes of at least 4 members (excludes halogenated alkanes) is 1. The molecule has 4 heteroatoms. The third kappa shape index (κ3) is 2.78. The summed E-state index contributed by atoms with van der Waals surface area (Å²) >= 11 is 0. The minimum atomic E-state index is -0.682. The molecule has 4 nitrogen and oxygen atoms in total. The SMILES string of the molecule is CCCCOC(=O)C1Cc2cc(OC)ccc2C1=O. The highest BCUT2D eigenvalue weighted by atomic mass is 16.5. The molecule has 0 amide bonds. The monoisotopic (exact) mass is 262 g/mol. The van der Waals surface area contributed by atoms with E-state index in [4.69, 9.17) is 9.47 Å². The van der Waals surface area contributed by atoms with E-state index in [0.717, 1.165) is 18.4 Å². The fourth-order valence-corrected chi connectivity index (χ4v) is 2.21. The van der Waals surface area contributed by atoms with Gasteiger partial charge >= 0.3 is 5.97 Å². The molecule has 2 rings (SSSR count). The van der Waals surface area contributed by atoms with Crippen LogP contribution in [0.4, 0.5) is 0 Å². The maximum atomic E-state index is 12.1. The Balaban J connectivity index is 2.07. The normalized spacial score (nSPS) is 17.2. The van der Waals surface area contributed by atoms with E-state index in [2.05, 4.69) is 0 Å². The summed E-state index contributed by atoms with van der Waals surface area (Å²) in [7, 11) is 1.58. The van der Waals surface area contributed by atoms with Crippen molar-refractivity contribution in [1.82, 2.24) is 0 Å². The van der Waals surface area contributed by atoms with Crippen LogP contribution in [0, 0.1) is 5.92 Å². The highest BCUT2D eigenvalue weighted by Gasteiger charge is 2.37. The van der Waals surface area contributed by atoms with Crippen LogP contribution in [0.2, 0.25) is 0 Å². The number of hydrogen-bond acceptors (Lipinski definition) is 4. The summed E-state index contributed by atoms with van der Waals surface area (Å²) in [4.78, 5) is 24.0. The van der Waals surface area contributed by atoms with Gasteiger partial charge in [0.15, 0.2) is 5.78 Å². The second-order valence-corrected chi connectivity index (χ2v) is 4.67. The van der Waals surface area contributed by atoms with Crippen LogP contribution in [0.25, 0.3) is 0 Å². The summed E-state index contributed by atoms with van der Waals surface area (Å²) in [5, 5.41) is 0. The van der Waals surface area contributed by atoms with Crippen molar-refractivity contribution in [2.75, 3.05) is 13.7 Å². The molecule has 0 radical (unpaired) electrons. The number of hydrogen-bond donors (Lipinski definition) is 0. The number of carbonyl (C=O) groups excluding carboxylic acids is 2. The second-order valence-electron chi connectivity index (χ2n) is 4.67. The Kier molecular flexibility index (Phi) is 4.20. The minimum absolute atomic E-state index is 0.140. The number of rotatable bonds is 5. The topological polar surface area (TPSA) is 52.6 Å². The first-order valence-corrected chi connectivity index (χ1v) is 6.55. The van der Waals surface area contributed by atoms with E-state index in [9.17, 15) is 9.59 Å². The molecule has 0 saturated heterocycles. The van der Waals surface area contributed by atoms with Gasteiger partial charge in [-0.05, 0) is 36.6 Å². The lowest BCUT2D eigenvalue weighted by Gasteiger charge is -2.07. The van der Waals surface area contributed by atoms with Gasteiger partial charge in [0.2, 0.25) is 0 Å². The Bertz CT molecular complexity index is 493. The highest BCUT2D eigenvalue weighted by molar-refractivity contribution is 6.12. The Morgan fingerprint density at radius 2 is 2.21 bits per heavy atom. The van der Waals surface area contributed by atoms with Crippen molar-refractivity contribution < 1.29 is 19.1 Å². The predicted molar refractivity (Wildman–Crippen MR) is 70.4 cm³/mol. The molecule has 102 valence electrons. The summed E-state index contributed by atoms with van der Waals surface area (Å²) in [6.07, 6.45) is 2.20. The minimum Gasteiger partial charge on any atom is -0.497 e. The molecule has 0 N–H and O–H groups in total. The lowest BCUT2D eigenvalue weighted by Crippen LogP contribution is -2.23. The average molecular weight is 262 g/mol. The van der Waals surface area contributed by atoms with Gasteiger partial charge in [-0.3, -0.25) is 9.59 Å². The van der Waals surface area contributed by atoms with Gasteiger partial charge in [0.05, 0.1) is 13.7 Å². The van der Waals surface area contributed by atoms with E-state index in [1.54, 1.807) is 19.2 Å². The van der Waals surface area contributed by atoms with E-state index in [1.165, 1.54) is 0 Å². The van der Waals surface area contributed by atoms with Crippen molar-refractivity contribution in [2.24, 2.45) is 5.92 Å². The highest BCUT2D eigenvalue weighted by Crippen LogP contribution is 2.30. The van der Waals surface area contributed by atoms with E-state index in [1.807, 2.05) is 13.0 Å². The molecule has 0 fully saturated rings. The molecule has 0 spiro atoms. The second kappa shape index (κ2) is 5.87. The molecule has 0 saturated carbocycles. The van der Waals surface area contributed by atoms with Gasteiger partial charge in [0.1, 0.15) is 11.7 Å². The van der Waals surface area contributed by atoms with Crippen LogP contribution in [0.3, 0.4) is 0 Å². The summed E-state index contributed by atoms with van der Waals surface area (Å²) in [6.45, 7) is 2.41. The molecule has 1 aromatic carbocycles. The number of ether oxygens (including phenoxy) is 2. The Morgan fingerprint density at radius 3 is 2.89 bits per heavy atom. The lowest BCUT2D eigenvalue weighted by molar-refractivity contribution is -0.146. The maximum absolute atomic E-state index is 12.1. The first-order valence-electron chi connectivity index (χ1n) is 6.55. The van der Waals surface area contributed by atoms with Crippen LogP contribution >= 0.6 is 0 Å². The number of benzene rings is 1. The summed E-state index contributed by atoms with van der Waals surface area (Å²) < 4.78 is 10.3. The molecule has 0 aromatic heterocycles. The van der Waals surface area contributed by atoms with Crippen LogP contribution in [-0.4, -0.2) is 25.5 Å². The Hall–Kier alpha value is -1.84. The van der Waals surface area contributed by atoms with E-state index < -0.39 is 11.9 Å². The van der Waals surface area contributed by atoms with E-state index >= 15 is 0 Å². The summed E-state index contributed by atoms with van der Waals surface area (Å²) in [5.41, 5.74) is 1.47. The number of Topliss-reactive ketones (excluding diaryl/α,β-unsaturated/α-hetero) is 1. The fraction of sp³-hybridized carbons (Fsp3) is 0.467. The van der Waals surface area contributed by atoms with Gasteiger partial charge in [0.25, 0.3) is 0 Å². The molecule has 0 heterocycles. The van der Waals surface area contributed by atoms with Crippen molar-refractivity contribution in [1.29, 1.82) is 0 Å². The first-order chi connectivity index (χ1) is 9.17. The quantitative estimate of drug-likeness (QED) is 0.464. The van der Waals surface area contributed by atoms with Crippen molar-refractivity contribution in [3.63, 3.8) is 0 Å². The molecule has 1 unspecified atom stereocenters. The van der Waals surface area contributed by atoms with Crippen LogP contribution in [-0.2, 0) is 16.0 Å². The molecule has 1 aromatic rings. The third-order valence-corrected chi connectivity index (χ3v) is 3.35. The lowest BCUT2D eigenvalue weighted by atomic mass is 10.1. The fourth-order valence-electron chi connectivity index (χ4n) is 2.21. The van der Waals surface area contributed by atoms with Crippen molar-refractivity contribution in [3.05, 3.63) is 29.3 Å². The number of methoxy groups -OCH3 is 1. The zero-order valence-corrected chi connectivity index (χ0v) is 11.3. The smallest absolute Gasteiger partial charge is 0.317 e. The van der Waals surface area contributed by atoms with E-state index in [-0.39, 0.29) is 5.78 Å². The van der Waals surface area contributed by atoms with Gasteiger partial charge in [-0.1, -0.05) is 13.3 Å². The van der Waals surface area contributed by atoms with Crippen LogP contribution in [0.5, 0.6) is 5.75 Å². The zero-order chi connectivity index (χ0) is 13.8. The molecular weight excluding hydrogens is 244 g/mol. The van der Waals surface area contributed by atoms with Crippen molar-refractivity contribution in [2.45, 2.75) is 26.2 Å². The van der Waals surface area contributed by atoms with Gasteiger partial charge < -0.3 is 9.47 Å². The first kappa shape index (κ1) is 13.6. The number of ketones is 1. The van der Waals surface area contributed by atoms with Gasteiger partial charge in [-0.25, -0.2) is 0 Å². The molecule has 1 aliphatic rings. The third-order valence-electron chi connectivity index (χ3n) is 3.35. The van der Waals surface area contributed by atoms with Crippen molar-refractivity contribution in [3.8, 4) is 5.75 Å². The van der Waals surface area contributed by atoms with Crippen LogP contribution < -0.4 is 4.74 Å². The molecule has 1 atom stereocenters. The van der Waals surface area contributed by atoms with Crippen LogP contribution in [0.15, 0.2) is 18.2 Å². The van der Waals surface area contributed by atoms with Gasteiger partial charge in [-0.2, -0.15) is 0 Å². The number of esters is 1. The average Bonchev–Trinajstić information content (AvgIpc) is 2.75. The van der Waals surface area contributed by atoms with Crippen LogP contribution in [0.1, 0.15) is 35.7 Å². The summed E-state index contributed by atoms with van der Waals surface area (Å²) in [6, 6.07) is 5.27. The van der Waals surface area contributed by atoms with E-state index in [0.29, 0.717) is 24.3 Å². The largest absolute Gasteiger partial charge is 0.497 e. The van der Waals surface area contributed by atoms with Gasteiger partial charge in [0, 0.05) is 5.56 Å². The zero-order valence-electron chi connectivity index (χ0n) is 11.3. The Labute approximate surface area is 112 Å². The molecule has 19 heavy (non-hydrogen) atoms. The summed E-state index contributed by atoms with van der Waals surface area (Å²) in [5.74, 6) is -0.529. The van der Waals surface area contributed by atoms with Crippen molar-refractivity contribution >= 4 is 11.8 Å².